The first-order chi connectivity index (χ1) is 9.05. The molecule has 3 heterocycles. The van der Waals surface area contributed by atoms with Crippen LogP contribution in [0.25, 0.3) is 11.5 Å². The Hall–Kier alpha value is -1.63. The van der Waals surface area contributed by atoms with E-state index in [0.717, 1.165) is 23.6 Å². The second-order valence-electron chi connectivity index (χ2n) is 5.05. The molecule has 0 spiro atoms. The Morgan fingerprint density at radius 1 is 1.47 bits per heavy atom. The van der Waals surface area contributed by atoms with Gasteiger partial charge in [-0.25, -0.2) is 18.4 Å². The third-order valence-electron chi connectivity index (χ3n) is 3.54. The SMILES string of the molecule is Cc1[nH]cnc1-c1nccn1CC1CCS(=O)(=O)C1. The number of aromatic nitrogens is 4. The highest BCUT2D eigenvalue weighted by Gasteiger charge is 2.28. The van der Waals surface area contributed by atoms with Gasteiger partial charge in [-0.15, -0.1) is 0 Å². The first kappa shape index (κ1) is 12.4. The summed E-state index contributed by atoms with van der Waals surface area (Å²) in [6.45, 7) is 2.63. The molecule has 0 aliphatic carbocycles. The van der Waals surface area contributed by atoms with E-state index in [9.17, 15) is 8.42 Å². The Balaban J connectivity index is 1.84. The molecule has 1 fully saturated rings. The average Bonchev–Trinajstić information content (AvgIpc) is 3.01. The number of H-pyrrole nitrogens is 1. The zero-order chi connectivity index (χ0) is 13.5. The molecule has 19 heavy (non-hydrogen) atoms. The average molecular weight is 280 g/mol. The summed E-state index contributed by atoms with van der Waals surface area (Å²) in [5.74, 6) is 1.56. The van der Waals surface area contributed by atoms with Gasteiger partial charge in [0.15, 0.2) is 15.7 Å². The molecule has 1 saturated heterocycles. The lowest BCUT2D eigenvalue weighted by Gasteiger charge is -2.11. The van der Waals surface area contributed by atoms with E-state index in [1.165, 1.54) is 0 Å². The van der Waals surface area contributed by atoms with Crippen molar-refractivity contribution in [2.45, 2.75) is 19.9 Å². The van der Waals surface area contributed by atoms with Gasteiger partial charge < -0.3 is 9.55 Å². The first-order valence-corrected chi connectivity index (χ1v) is 8.09. The molecule has 102 valence electrons. The highest BCUT2D eigenvalue weighted by atomic mass is 32.2. The van der Waals surface area contributed by atoms with Crippen LogP contribution >= 0.6 is 0 Å². The Kier molecular flexibility index (Phi) is 2.93. The van der Waals surface area contributed by atoms with Crippen molar-refractivity contribution in [2.24, 2.45) is 5.92 Å². The molecule has 0 bridgehead atoms. The molecule has 1 atom stereocenters. The lowest BCUT2D eigenvalue weighted by molar-refractivity contribution is 0.493. The van der Waals surface area contributed by atoms with Gasteiger partial charge in [-0.2, -0.15) is 0 Å². The summed E-state index contributed by atoms with van der Waals surface area (Å²) < 4.78 is 25.0. The van der Waals surface area contributed by atoms with Crippen LogP contribution in [0.3, 0.4) is 0 Å². The van der Waals surface area contributed by atoms with Crippen LogP contribution in [0.5, 0.6) is 0 Å². The molecule has 6 nitrogen and oxygen atoms in total. The molecule has 2 aromatic heterocycles. The van der Waals surface area contributed by atoms with E-state index in [0.29, 0.717) is 12.3 Å². The molecule has 3 rings (SSSR count). The Morgan fingerprint density at radius 2 is 2.32 bits per heavy atom. The molecule has 0 radical (unpaired) electrons. The van der Waals surface area contributed by atoms with Gasteiger partial charge in [0.05, 0.1) is 17.8 Å². The van der Waals surface area contributed by atoms with Crippen molar-refractivity contribution in [3.8, 4) is 11.5 Å². The number of rotatable bonds is 3. The maximum absolute atomic E-state index is 11.5. The van der Waals surface area contributed by atoms with Gasteiger partial charge in [0, 0.05) is 24.6 Å². The van der Waals surface area contributed by atoms with Crippen LogP contribution in [0.2, 0.25) is 0 Å². The van der Waals surface area contributed by atoms with E-state index in [1.54, 1.807) is 12.5 Å². The summed E-state index contributed by atoms with van der Waals surface area (Å²) in [7, 11) is -2.83. The van der Waals surface area contributed by atoms with Crippen LogP contribution in [0.15, 0.2) is 18.7 Å². The lowest BCUT2D eigenvalue weighted by Crippen LogP contribution is -2.13. The zero-order valence-corrected chi connectivity index (χ0v) is 11.5. The van der Waals surface area contributed by atoms with Crippen LogP contribution in [0.4, 0.5) is 0 Å². The van der Waals surface area contributed by atoms with Gasteiger partial charge in [0.25, 0.3) is 0 Å². The van der Waals surface area contributed by atoms with E-state index in [1.807, 2.05) is 17.7 Å². The minimum absolute atomic E-state index is 0.178. The third kappa shape index (κ3) is 2.42. The number of hydrogen-bond donors (Lipinski definition) is 1. The number of nitrogens with zero attached hydrogens (tertiary/aromatic N) is 3. The fraction of sp³-hybridized carbons (Fsp3) is 0.500. The van der Waals surface area contributed by atoms with Crippen LogP contribution in [-0.2, 0) is 16.4 Å². The van der Waals surface area contributed by atoms with Gasteiger partial charge in [-0.1, -0.05) is 0 Å². The number of aryl methyl sites for hydroxylation is 1. The quantitative estimate of drug-likeness (QED) is 0.910. The summed E-state index contributed by atoms with van der Waals surface area (Å²) >= 11 is 0. The molecular formula is C12H16N4O2S. The van der Waals surface area contributed by atoms with Crippen molar-refractivity contribution in [2.75, 3.05) is 11.5 Å². The van der Waals surface area contributed by atoms with Crippen molar-refractivity contribution >= 4 is 9.84 Å². The number of imidazole rings is 2. The van der Waals surface area contributed by atoms with Crippen molar-refractivity contribution in [1.29, 1.82) is 0 Å². The highest BCUT2D eigenvalue weighted by Crippen LogP contribution is 2.24. The zero-order valence-electron chi connectivity index (χ0n) is 10.7. The van der Waals surface area contributed by atoms with Crippen LogP contribution in [0, 0.1) is 12.8 Å². The molecular weight excluding hydrogens is 264 g/mol. The van der Waals surface area contributed by atoms with E-state index in [4.69, 9.17) is 0 Å². The van der Waals surface area contributed by atoms with Crippen molar-refractivity contribution in [3.63, 3.8) is 0 Å². The second-order valence-corrected chi connectivity index (χ2v) is 7.28. The molecule has 2 aromatic rings. The van der Waals surface area contributed by atoms with Gasteiger partial charge in [0.1, 0.15) is 5.69 Å². The van der Waals surface area contributed by atoms with Crippen LogP contribution in [-0.4, -0.2) is 39.4 Å². The summed E-state index contributed by atoms with van der Waals surface area (Å²) in [5.41, 5.74) is 1.79. The Labute approximate surface area is 111 Å². The summed E-state index contributed by atoms with van der Waals surface area (Å²) in [6, 6.07) is 0. The summed E-state index contributed by atoms with van der Waals surface area (Å²) in [6.07, 6.45) is 5.99. The normalized spacial score (nSPS) is 21.8. The largest absolute Gasteiger partial charge is 0.348 e. The number of nitrogens with one attached hydrogen (secondary N) is 1. The predicted octanol–water partition coefficient (Wildman–Crippen LogP) is 1.02. The monoisotopic (exact) mass is 280 g/mol. The molecule has 0 aromatic carbocycles. The van der Waals surface area contributed by atoms with Gasteiger partial charge >= 0.3 is 0 Å². The van der Waals surface area contributed by atoms with E-state index >= 15 is 0 Å². The predicted molar refractivity (Wildman–Crippen MR) is 71.3 cm³/mol. The summed E-state index contributed by atoms with van der Waals surface area (Å²) in [4.78, 5) is 11.6. The van der Waals surface area contributed by atoms with Gasteiger partial charge in [-0.3, -0.25) is 0 Å². The van der Waals surface area contributed by atoms with Crippen molar-refractivity contribution in [3.05, 3.63) is 24.4 Å². The molecule has 0 saturated carbocycles. The standard InChI is InChI=1S/C12H16N4O2S/c1-9-11(15-8-14-9)12-13-3-4-16(12)6-10-2-5-19(17,18)7-10/h3-4,8,10H,2,5-7H2,1H3,(H,14,15). The minimum atomic E-state index is -2.83. The Morgan fingerprint density at radius 3 is 2.95 bits per heavy atom. The number of hydrogen-bond acceptors (Lipinski definition) is 4. The fourth-order valence-electron chi connectivity index (χ4n) is 2.55. The van der Waals surface area contributed by atoms with E-state index < -0.39 is 9.84 Å². The van der Waals surface area contributed by atoms with Gasteiger partial charge in [0.2, 0.25) is 0 Å². The third-order valence-corrected chi connectivity index (χ3v) is 5.38. The molecule has 1 aliphatic heterocycles. The first-order valence-electron chi connectivity index (χ1n) is 6.27. The molecule has 7 heteroatoms. The fourth-order valence-corrected chi connectivity index (χ4v) is 4.40. The molecule has 1 aliphatic rings. The van der Waals surface area contributed by atoms with Crippen LogP contribution < -0.4 is 0 Å². The molecule has 1 unspecified atom stereocenters. The number of sulfone groups is 1. The summed E-state index contributed by atoms with van der Waals surface area (Å²) in [5, 5.41) is 0. The topological polar surface area (TPSA) is 80.6 Å². The van der Waals surface area contributed by atoms with Crippen molar-refractivity contribution < 1.29 is 8.42 Å². The van der Waals surface area contributed by atoms with Gasteiger partial charge in [-0.05, 0) is 19.3 Å². The smallest absolute Gasteiger partial charge is 0.160 e. The van der Waals surface area contributed by atoms with Crippen molar-refractivity contribution in [1.82, 2.24) is 19.5 Å². The van der Waals surface area contributed by atoms with E-state index in [-0.39, 0.29) is 11.7 Å². The number of aromatic amines is 1. The molecule has 1 N–H and O–H groups in total. The Bertz CT molecular complexity index is 686. The second kappa shape index (κ2) is 4.48. The lowest BCUT2D eigenvalue weighted by atomic mass is 10.1. The highest BCUT2D eigenvalue weighted by molar-refractivity contribution is 7.91. The van der Waals surface area contributed by atoms with Crippen LogP contribution in [0.1, 0.15) is 12.1 Å². The molecule has 0 amide bonds. The maximum Gasteiger partial charge on any atom is 0.160 e. The maximum atomic E-state index is 11.5. The van der Waals surface area contributed by atoms with E-state index in [2.05, 4.69) is 15.0 Å². The minimum Gasteiger partial charge on any atom is -0.348 e.